The van der Waals surface area contributed by atoms with Crippen LogP contribution in [0.15, 0.2) is 18.3 Å². The molecule has 0 spiro atoms. The summed E-state index contributed by atoms with van der Waals surface area (Å²) >= 11 is 16.9. The number of halogens is 3. The van der Waals surface area contributed by atoms with Crippen LogP contribution in [-0.4, -0.2) is 10.9 Å². The molecule has 1 rings (SSSR count). The van der Waals surface area contributed by atoms with Gasteiger partial charge in [0.15, 0.2) is 0 Å². The zero-order valence-electron chi connectivity index (χ0n) is 6.10. The van der Waals surface area contributed by atoms with Crippen LogP contribution in [0.1, 0.15) is 5.56 Å². The van der Waals surface area contributed by atoms with Crippen LogP contribution in [0.3, 0.4) is 0 Å². The summed E-state index contributed by atoms with van der Waals surface area (Å²) in [6, 6.07) is 1.74. The van der Waals surface area contributed by atoms with Crippen LogP contribution in [-0.2, 0) is 0 Å². The van der Waals surface area contributed by atoms with Crippen molar-refractivity contribution in [2.45, 2.75) is 0 Å². The fourth-order valence-corrected chi connectivity index (χ4v) is 1.15. The van der Waals surface area contributed by atoms with Crippen LogP contribution in [0.2, 0.25) is 10.2 Å². The predicted molar refractivity (Wildman–Crippen MR) is 54.0 cm³/mol. The molecule has 1 aromatic heterocycles. The standard InChI is InChI=1S/C8H6Cl3N/c9-3-1-2-6-4-7(10)5-12-8(6)11/h1-2,4-5H,3H2. The highest BCUT2D eigenvalue weighted by molar-refractivity contribution is 6.33. The van der Waals surface area contributed by atoms with Gasteiger partial charge in [-0.05, 0) is 6.07 Å². The summed E-state index contributed by atoms with van der Waals surface area (Å²) in [6.45, 7) is 0. The Morgan fingerprint density at radius 2 is 2.17 bits per heavy atom. The van der Waals surface area contributed by atoms with E-state index < -0.39 is 0 Å². The number of rotatable bonds is 2. The second-order valence-corrected chi connectivity index (χ2v) is 3.19. The maximum atomic E-state index is 5.77. The molecule has 0 radical (unpaired) electrons. The van der Waals surface area contributed by atoms with Gasteiger partial charge < -0.3 is 0 Å². The summed E-state index contributed by atoms with van der Waals surface area (Å²) in [7, 11) is 0. The SMILES string of the molecule is ClCC=Cc1cc(Cl)cnc1Cl. The van der Waals surface area contributed by atoms with Crippen molar-refractivity contribution in [1.29, 1.82) is 0 Å². The molecule has 0 amide bonds. The molecular weight excluding hydrogens is 216 g/mol. The Balaban J connectivity index is 2.97. The molecule has 0 aliphatic rings. The summed E-state index contributed by atoms with van der Waals surface area (Å²) in [4.78, 5) is 3.87. The minimum Gasteiger partial charge on any atom is -0.242 e. The molecule has 0 saturated heterocycles. The van der Waals surface area contributed by atoms with Gasteiger partial charge in [0.05, 0.1) is 5.02 Å². The van der Waals surface area contributed by atoms with Gasteiger partial charge in [0.1, 0.15) is 5.15 Å². The first-order chi connectivity index (χ1) is 5.74. The lowest BCUT2D eigenvalue weighted by molar-refractivity contribution is 1.32. The summed E-state index contributed by atoms with van der Waals surface area (Å²) in [5.74, 6) is 0.447. The van der Waals surface area contributed by atoms with Crippen molar-refractivity contribution in [1.82, 2.24) is 4.98 Å². The Morgan fingerprint density at radius 3 is 2.83 bits per heavy atom. The second-order valence-electron chi connectivity index (χ2n) is 2.09. The van der Waals surface area contributed by atoms with Crippen molar-refractivity contribution in [3.63, 3.8) is 0 Å². The average Bonchev–Trinajstić information content (AvgIpc) is 2.07. The van der Waals surface area contributed by atoms with Crippen molar-refractivity contribution < 1.29 is 0 Å². The van der Waals surface area contributed by atoms with Gasteiger partial charge in [-0.25, -0.2) is 4.98 Å². The normalized spacial score (nSPS) is 10.9. The van der Waals surface area contributed by atoms with Gasteiger partial charge in [-0.3, -0.25) is 0 Å². The van der Waals surface area contributed by atoms with Gasteiger partial charge in [-0.1, -0.05) is 35.4 Å². The third kappa shape index (κ3) is 2.67. The van der Waals surface area contributed by atoms with E-state index in [1.165, 1.54) is 6.20 Å². The molecule has 0 atom stereocenters. The van der Waals surface area contributed by atoms with Crippen LogP contribution < -0.4 is 0 Å². The highest BCUT2D eigenvalue weighted by atomic mass is 35.5. The zero-order valence-corrected chi connectivity index (χ0v) is 8.37. The monoisotopic (exact) mass is 221 g/mol. The zero-order chi connectivity index (χ0) is 8.97. The molecule has 0 saturated carbocycles. The first-order valence-corrected chi connectivity index (χ1v) is 4.56. The summed E-state index contributed by atoms with van der Waals surface area (Å²) in [5, 5.41) is 0.995. The summed E-state index contributed by atoms with van der Waals surface area (Å²) in [5.41, 5.74) is 0.782. The predicted octanol–water partition coefficient (Wildman–Crippen LogP) is 3.64. The third-order valence-corrected chi connectivity index (χ3v) is 1.92. The fourth-order valence-electron chi connectivity index (χ4n) is 0.727. The van der Waals surface area contributed by atoms with Crippen LogP contribution in [0.4, 0.5) is 0 Å². The Morgan fingerprint density at radius 1 is 1.42 bits per heavy atom. The van der Waals surface area contributed by atoms with E-state index in [-0.39, 0.29) is 0 Å². The topological polar surface area (TPSA) is 12.9 Å². The Labute approximate surface area is 86.0 Å². The molecule has 0 aliphatic heterocycles. The van der Waals surface area contributed by atoms with Crippen molar-refractivity contribution in [2.75, 3.05) is 5.88 Å². The van der Waals surface area contributed by atoms with Gasteiger partial charge in [-0.15, -0.1) is 11.6 Å². The van der Waals surface area contributed by atoms with E-state index >= 15 is 0 Å². The van der Waals surface area contributed by atoms with E-state index in [1.807, 2.05) is 0 Å². The largest absolute Gasteiger partial charge is 0.242 e. The first kappa shape index (κ1) is 9.85. The molecule has 0 aliphatic carbocycles. The molecule has 0 fully saturated rings. The molecule has 1 nitrogen and oxygen atoms in total. The molecular formula is C8H6Cl3N. The van der Waals surface area contributed by atoms with E-state index in [0.717, 1.165) is 5.56 Å². The second kappa shape index (κ2) is 4.70. The molecule has 64 valence electrons. The van der Waals surface area contributed by atoms with Crippen molar-refractivity contribution in [3.8, 4) is 0 Å². The Bertz CT molecular complexity index is 296. The molecule has 12 heavy (non-hydrogen) atoms. The minimum atomic E-state index is 0.431. The van der Waals surface area contributed by atoms with Gasteiger partial charge in [-0.2, -0.15) is 0 Å². The third-order valence-electron chi connectivity index (χ3n) is 1.22. The van der Waals surface area contributed by atoms with E-state index in [0.29, 0.717) is 16.1 Å². The molecule has 0 bridgehead atoms. The summed E-state index contributed by atoms with van der Waals surface area (Å²) < 4.78 is 0. The highest BCUT2D eigenvalue weighted by Gasteiger charge is 1.97. The average molecular weight is 223 g/mol. The lowest BCUT2D eigenvalue weighted by Crippen LogP contribution is -1.80. The Kier molecular flexibility index (Phi) is 3.86. The van der Waals surface area contributed by atoms with Crippen molar-refractivity contribution >= 4 is 40.9 Å². The number of alkyl halides is 1. The lowest BCUT2D eigenvalue weighted by atomic mass is 10.3. The van der Waals surface area contributed by atoms with Crippen LogP contribution in [0.5, 0.6) is 0 Å². The molecule has 0 aromatic carbocycles. The molecule has 1 heterocycles. The molecule has 1 aromatic rings. The maximum absolute atomic E-state index is 5.77. The maximum Gasteiger partial charge on any atom is 0.136 e. The number of nitrogens with zero attached hydrogens (tertiary/aromatic N) is 1. The summed E-state index contributed by atoms with van der Waals surface area (Å²) in [6.07, 6.45) is 5.07. The smallest absolute Gasteiger partial charge is 0.136 e. The number of hydrogen-bond donors (Lipinski definition) is 0. The van der Waals surface area contributed by atoms with Crippen LogP contribution >= 0.6 is 34.8 Å². The van der Waals surface area contributed by atoms with Crippen molar-refractivity contribution in [3.05, 3.63) is 34.1 Å². The number of hydrogen-bond acceptors (Lipinski definition) is 1. The number of allylic oxidation sites excluding steroid dienone is 1. The number of pyridine rings is 1. The van der Waals surface area contributed by atoms with Gasteiger partial charge >= 0.3 is 0 Å². The van der Waals surface area contributed by atoms with Gasteiger partial charge in [0, 0.05) is 17.6 Å². The fraction of sp³-hybridized carbons (Fsp3) is 0.125. The van der Waals surface area contributed by atoms with E-state index in [9.17, 15) is 0 Å². The Hall–Kier alpha value is -0.240. The van der Waals surface area contributed by atoms with E-state index in [4.69, 9.17) is 34.8 Å². The van der Waals surface area contributed by atoms with E-state index in [2.05, 4.69) is 4.98 Å². The highest BCUT2D eigenvalue weighted by Crippen LogP contribution is 2.18. The minimum absolute atomic E-state index is 0.431. The van der Waals surface area contributed by atoms with Crippen LogP contribution in [0.25, 0.3) is 6.08 Å². The van der Waals surface area contributed by atoms with Crippen molar-refractivity contribution in [2.24, 2.45) is 0 Å². The first-order valence-electron chi connectivity index (χ1n) is 3.27. The molecule has 4 heteroatoms. The van der Waals surface area contributed by atoms with Crippen LogP contribution in [0, 0.1) is 0 Å². The van der Waals surface area contributed by atoms with E-state index in [1.54, 1.807) is 18.2 Å². The van der Waals surface area contributed by atoms with Gasteiger partial charge in [0.2, 0.25) is 0 Å². The lowest BCUT2D eigenvalue weighted by Gasteiger charge is -1.96. The van der Waals surface area contributed by atoms with Gasteiger partial charge in [0.25, 0.3) is 0 Å². The molecule has 0 unspecified atom stereocenters. The quantitative estimate of drug-likeness (QED) is 0.550. The molecule has 0 N–H and O–H groups in total. The number of aromatic nitrogens is 1.